The van der Waals surface area contributed by atoms with Crippen LogP contribution in [0.5, 0.6) is 0 Å². The van der Waals surface area contributed by atoms with Gasteiger partial charge in [-0.25, -0.2) is 4.79 Å². The summed E-state index contributed by atoms with van der Waals surface area (Å²) in [5.41, 5.74) is 0.752. The number of amides is 2. The van der Waals surface area contributed by atoms with E-state index < -0.39 is 0 Å². The number of rotatable bonds is 3. The largest absolute Gasteiger partial charge is 0.330 e. The predicted octanol–water partition coefficient (Wildman–Crippen LogP) is 4.66. The van der Waals surface area contributed by atoms with E-state index in [1.165, 1.54) is 4.88 Å². The van der Waals surface area contributed by atoms with Gasteiger partial charge in [0.15, 0.2) is 0 Å². The molecule has 4 heteroatoms. The van der Waals surface area contributed by atoms with E-state index in [9.17, 15) is 4.79 Å². The van der Waals surface area contributed by atoms with Gasteiger partial charge < -0.3 is 10.6 Å². The van der Waals surface area contributed by atoms with Crippen molar-refractivity contribution >= 4 is 23.1 Å². The molecule has 1 aromatic heterocycles. The molecule has 20 heavy (non-hydrogen) atoms. The first kappa shape index (κ1) is 14.6. The molecule has 0 radical (unpaired) electrons. The van der Waals surface area contributed by atoms with Crippen molar-refractivity contribution in [2.45, 2.75) is 26.8 Å². The van der Waals surface area contributed by atoms with E-state index in [1.807, 2.05) is 41.8 Å². The second-order valence-corrected chi connectivity index (χ2v) is 6.76. The van der Waals surface area contributed by atoms with Crippen molar-refractivity contribution < 1.29 is 4.79 Å². The number of para-hydroxylation sites is 1. The Kier molecular flexibility index (Phi) is 4.45. The van der Waals surface area contributed by atoms with Gasteiger partial charge in [-0.3, -0.25) is 0 Å². The predicted molar refractivity (Wildman–Crippen MR) is 85.1 cm³/mol. The highest BCUT2D eigenvalue weighted by Crippen LogP contribution is 2.35. The van der Waals surface area contributed by atoms with Crippen molar-refractivity contribution in [3.05, 3.63) is 52.7 Å². The van der Waals surface area contributed by atoms with Crippen molar-refractivity contribution in [1.82, 2.24) is 5.32 Å². The number of hydrogen-bond donors (Lipinski definition) is 2. The summed E-state index contributed by atoms with van der Waals surface area (Å²) in [4.78, 5) is 13.3. The van der Waals surface area contributed by atoms with Gasteiger partial charge in [-0.1, -0.05) is 45.0 Å². The summed E-state index contributed by atoms with van der Waals surface area (Å²) in [6, 6.07) is 13.3. The smallest absolute Gasteiger partial charge is 0.319 e. The lowest BCUT2D eigenvalue weighted by atomic mass is 9.86. The van der Waals surface area contributed by atoms with Crippen molar-refractivity contribution in [2.24, 2.45) is 5.41 Å². The number of hydrogen-bond acceptors (Lipinski definition) is 2. The lowest BCUT2D eigenvalue weighted by molar-refractivity contribution is 0.230. The van der Waals surface area contributed by atoms with Gasteiger partial charge in [-0.2, -0.15) is 0 Å². The topological polar surface area (TPSA) is 41.1 Å². The summed E-state index contributed by atoms with van der Waals surface area (Å²) < 4.78 is 0. The fourth-order valence-electron chi connectivity index (χ4n) is 1.99. The average Bonchev–Trinajstić information content (AvgIpc) is 2.89. The van der Waals surface area contributed by atoms with Gasteiger partial charge in [0, 0.05) is 10.6 Å². The molecule has 2 rings (SSSR count). The molecule has 0 unspecified atom stereocenters. The average molecular weight is 288 g/mol. The molecule has 3 nitrogen and oxygen atoms in total. The van der Waals surface area contributed by atoms with E-state index in [4.69, 9.17) is 0 Å². The zero-order valence-corrected chi connectivity index (χ0v) is 12.8. The van der Waals surface area contributed by atoms with Crippen molar-refractivity contribution in [2.75, 3.05) is 5.32 Å². The summed E-state index contributed by atoms with van der Waals surface area (Å²) in [5, 5.41) is 7.96. The zero-order valence-electron chi connectivity index (χ0n) is 12.0. The molecule has 0 aliphatic rings. The number of nitrogens with one attached hydrogen (secondary N) is 2. The molecule has 2 aromatic rings. The molecule has 0 spiro atoms. The van der Waals surface area contributed by atoms with Gasteiger partial charge in [-0.15, -0.1) is 11.3 Å². The summed E-state index contributed by atoms with van der Waals surface area (Å²) in [5.74, 6) is 0. The van der Waals surface area contributed by atoms with Crippen LogP contribution in [-0.2, 0) is 0 Å². The van der Waals surface area contributed by atoms with E-state index in [-0.39, 0.29) is 17.5 Å². The second-order valence-electron chi connectivity index (χ2n) is 5.78. The number of benzene rings is 1. The molecule has 1 aromatic carbocycles. The van der Waals surface area contributed by atoms with Crippen molar-refractivity contribution in [3.63, 3.8) is 0 Å². The summed E-state index contributed by atoms with van der Waals surface area (Å²) in [6.45, 7) is 6.38. The normalized spacial score (nSPS) is 12.8. The number of thiophene rings is 1. The highest BCUT2D eigenvalue weighted by molar-refractivity contribution is 7.10. The Labute approximate surface area is 124 Å². The highest BCUT2D eigenvalue weighted by atomic mass is 32.1. The fourth-order valence-corrected chi connectivity index (χ4v) is 3.01. The first-order valence-electron chi connectivity index (χ1n) is 6.63. The monoisotopic (exact) mass is 288 g/mol. The van der Waals surface area contributed by atoms with Crippen LogP contribution in [0, 0.1) is 5.41 Å². The van der Waals surface area contributed by atoms with Gasteiger partial charge in [0.1, 0.15) is 0 Å². The Morgan fingerprint density at radius 1 is 1.10 bits per heavy atom. The Hall–Kier alpha value is -1.81. The van der Waals surface area contributed by atoms with Gasteiger partial charge in [0.05, 0.1) is 6.04 Å². The Bertz CT molecular complexity index is 544. The maximum absolute atomic E-state index is 12.1. The van der Waals surface area contributed by atoms with E-state index in [0.29, 0.717) is 0 Å². The Morgan fingerprint density at radius 3 is 2.35 bits per heavy atom. The van der Waals surface area contributed by atoms with Crippen LogP contribution in [0.15, 0.2) is 47.8 Å². The van der Waals surface area contributed by atoms with Gasteiger partial charge in [0.2, 0.25) is 0 Å². The molecule has 0 bridgehead atoms. The third-order valence-corrected chi connectivity index (χ3v) is 3.94. The lowest BCUT2D eigenvalue weighted by Crippen LogP contribution is -2.38. The number of anilines is 1. The fraction of sp³-hybridized carbons (Fsp3) is 0.312. The van der Waals surface area contributed by atoms with E-state index in [1.54, 1.807) is 11.3 Å². The first-order chi connectivity index (χ1) is 9.47. The zero-order chi connectivity index (χ0) is 14.6. The maximum Gasteiger partial charge on any atom is 0.319 e. The van der Waals surface area contributed by atoms with Crippen LogP contribution in [0.25, 0.3) is 0 Å². The molecular formula is C16H20N2OS. The van der Waals surface area contributed by atoms with Crippen LogP contribution in [0.1, 0.15) is 31.7 Å². The quantitative estimate of drug-likeness (QED) is 0.847. The molecule has 0 aliphatic carbocycles. The van der Waals surface area contributed by atoms with Crippen molar-refractivity contribution in [1.29, 1.82) is 0 Å². The second kappa shape index (κ2) is 6.09. The molecule has 0 saturated carbocycles. The Balaban J connectivity index is 2.07. The van der Waals surface area contributed by atoms with Crippen LogP contribution >= 0.6 is 11.3 Å². The summed E-state index contributed by atoms with van der Waals surface area (Å²) in [6.07, 6.45) is 0. The molecule has 2 N–H and O–H groups in total. The Morgan fingerprint density at radius 2 is 1.80 bits per heavy atom. The number of carbonyl (C=O) groups excluding carboxylic acids is 1. The van der Waals surface area contributed by atoms with Crippen LogP contribution in [0.4, 0.5) is 10.5 Å². The van der Waals surface area contributed by atoms with Crippen molar-refractivity contribution in [3.8, 4) is 0 Å². The van der Waals surface area contributed by atoms with Crippen LogP contribution in [-0.4, -0.2) is 6.03 Å². The maximum atomic E-state index is 12.1. The van der Waals surface area contributed by atoms with E-state index in [0.717, 1.165) is 5.69 Å². The molecule has 1 atom stereocenters. The summed E-state index contributed by atoms with van der Waals surface area (Å²) >= 11 is 1.66. The molecular weight excluding hydrogens is 268 g/mol. The number of urea groups is 1. The van der Waals surface area contributed by atoms with E-state index in [2.05, 4.69) is 37.5 Å². The molecule has 2 amide bonds. The minimum Gasteiger partial charge on any atom is -0.330 e. The van der Waals surface area contributed by atoms with E-state index >= 15 is 0 Å². The van der Waals surface area contributed by atoms with Crippen LogP contribution < -0.4 is 10.6 Å². The highest BCUT2D eigenvalue weighted by Gasteiger charge is 2.28. The molecule has 0 aliphatic heterocycles. The van der Waals surface area contributed by atoms with Crippen LogP contribution in [0.2, 0.25) is 0 Å². The lowest BCUT2D eigenvalue weighted by Gasteiger charge is -2.30. The first-order valence-corrected chi connectivity index (χ1v) is 7.51. The minimum absolute atomic E-state index is 0.00814. The number of carbonyl (C=O) groups is 1. The molecule has 106 valence electrons. The SMILES string of the molecule is CC(C)(C)[C@H](NC(=O)Nc1ccccc1)c1cccs1. The van der Waals surface area contributed by atoms with Gasteiger partial charge >= 0.3 is 6.03 Å². The molecule has 0 fully saturated rings. The minimum atomic E-state index is -0.176. The molecule has 1 heterocycles. The van der Waals surface area contributed by atoms with Crippen LogP contribution in [0.3, 0.4) is 0 Å². The third kappa shape index (κ3) is 3.84. The third-order valence-electron chi connectivity index (χ3n) is 3.00. The van der Waals surface area contributed by atoms with Gasteiger partial charge in [0.25, 0.3) is 0 Å². The standard InChI is InChI=1S/C16H20N2OS/c1-16(2,3)14(13-10-7-11-20-13)18-15(19)17-12-8-5-4-6-9-12/h4-11,14H,1-3H3,(H2,17,18,19)/t14-/m1/s1. The summed E-state index contributed by atoms with van der Waals surface area (Å²) in [7, 11) is 0. The van der Waals surface area contributed by atoms with Gasteiger partial charge in [-0.05, 0) is 29.0 Å². The molecule has 0 saturated heterocycles.